The van der Waals surface area contributed by atoms with Crippen LogP contribution in [0.3, 0.4) is 0 Å². The van der Waals surface area contributed by atoms with E-state index in [9.17, 15) is 4.32 Å². The Labute approximate surface area is 127 Å². The van der Waals surface area contributed by atoms with Crippen LogP contribution in [-0.2, 0) is 0 Å². The van der Waals surface area contributed by atoms with Crippen molar-refractivity contribution in [3.05, 3.63) is 0 Å². The highest BCUT2D eigenvalue weighted by atomic mass is 79.9. The van der Waals surface area contributed by atoms with Crippen molar-refractivity contribution in [3.63, 3.8) is 0 Å². The Kier molecular flexibility index (Phi) is 20.0. The van der Waals surface area contributed by atoms with Gasteiger partial charge in [0.1, 0.15) is 0 Å². The molecule has 0 radical (unpaired) electrons. The Hall–Kier alpha value is -0.0751. The summed E-state index contributed by atoms with van der Waals surface area (Å²) in [5, 5.41) is 7.47. The third-order valence-corrected chi connectivity index (χ3v) is 3.01. The lowest BCUT2D eigenvalue weighted by Gasteiger charge is -2.08. The lowest BCUT2D eigenvalue weighted by atomic mass is 10.1. The Morgan fingerprint density at radius 1 is 1.00 bits per heavy atom. The summed E-state index contributed by atoms with van der Waals surface area (Å²) in [6, 6.07) is 0. The monoisotopic (exact) mass is 334 g/mol. The molecule has 0 bridgehead atoms. The van der Waals surface area contributed by atoms with Crippen LogP contribution in [0.5, 0.6) is 0 Å². The zero-order chi connectivity index (χ0) is 14.9. The summed E-state index contributed by atoms with van der Waals surface area (Å²) in [4.78, 5) is 2.28. The van der Waals surface area contributed by atoms with E-state index in [1.807, 2.05) is 0 Å². The minimum Gasteiger partial charge on any atom is -0.309 e. The maximum Gasteiger partial charge on any atom is 0.531 e. The second-order valence-corrected chi connectivity index (χ2v) is 5.87. The summed E-state index contributed by atoms with van der Waals surface area (Å²) in [6.45, 7) is 3.54. The number of hydrogen-bond acceptors (Lipinski definition) is 2. The topological polar surface area (TPSA) is 27.0 Å². The molecule has 2 nitrogen and oxygen atoms in total. The largest absolute Gasteiger partial charge is 0.531 e. The first-order valence-electron chi connectivity index (χ1n) is 7.37. The minimum atomic E-state index is -1.50. The van der Waals surface area contributed by atoms with Crippen LogP contribution in [-0.4, -0.2) is 31.4 Å². The van der Waals surface area contributed by atoms with Crippen molar-refractivity contribution >= 4 is 21.6 Å². The molecule has 0 saturated heterocycles. The molecule has 0 unspecified atom stereocenters. The average molecular weight is 335 g/mol. The fraction of sp³-hybridized carbons (Fsp3) is 0.929. The van der Waals surface area contributed by atoms with E-state index in [0.717, 1.165) is 0 Å². The quantitative estimate of drug-likeness (QED) is 0.416. The van der Waals surface area contributed by atoms with Gasteiger partial charge in [0.25, 0.3) is 0 Å². The molecule has 5 heteroatoms. The van der Waals surface area contributed by atoms with Gasteiger partial charge in [0, 0.05) is 0 Å². The molecule has 112 valence electrons. The number of rotatable bonds is 10. The highest BCUT2D eigenvalue weighted by Crippen LogP contribution is 2.09. The van der Waals surface area contributed by atoms with E-state index in [2.05, 4.69) is 41.7 Å². The van der Waals surface area contributed by atoms with Gasteiger partial charge in [-0.2, -0.15) is 0 Å². The van der Waals surface area contributed by atoms with Gasteiger partial charge in [0.05, 0.1) is 5.97 Å². The first-order chi connectivity index (χ1) is 9.04. The zero-order valence-corrected chi connectivity index (χ0v) is 14.4. The second-order valence-electron chi connectivity index (χ2n) is 5.06. The molecular formula is C14H29BBrFN2. The van der Waals surface area contributed by atoms with Crippen LogP contribution >= 0.6 is 15.8 Å². The highest BCUT2D eigenvalue weighted by Gasteiger charge is 2.00. The molecule has 0 aromatic heterocycles. The van der Waals surface area contributed by atoms with E-state index in [0.29, 0.717) is 0 Å². The third-order valence-electron chi connectivity index (χ3n) is 2.81. The van der Waals surface area contributed by atoms with Crippen LogP contribution in [0.25, 0.3) is 0 Å². The van der Waals surface area contributed by atoms with Crippen LogP contribution < -0.4 is 0 Å². The molecule has 19 heavy (non-hydrogen) atoms. The molecule has 0 aliphatic carbocycles. The molecule has 0 rings (SSSR count). The van der Waals surface area contributed by atoms with Gasteiger partial charge in [-0.05, 0) is 27.1 Å². The first-order valence-corrected chi connectivity index (χ1v) is 8.28. The maximum atomic E-state index is 11.0. The fourth-order valence-electron chi connectivity index (χ4n) is 1.74. The van der Waals surface area contributed by atoms with Crippen LogP contribution in [0.15, 0.2) is 0 Å². The van der Waals surface area contributed by atoms with Gasteiger partial charge < -0.3 is 4.90 Å². The number of unbranched alkanes of at least 4 members (excludes halogenated alkanes) is 8. The molecule has 0 aliphatic heterocycles. The van der Waals surface area contributed by atoms with Gasteiger partial charge >= 0.3 is 5.81 Å². The Morgan fingerprint density at radius 2 is 1.37 bits per heavy atom. The summed E-state index contributed by atoms with van der Waals surface area (Å²) < 4.78 is 11.0. The molecule has 0 atom stereocenters. The van der Waals surface area contributed by atoms with Crippen molar-refractivity contribution in [2.24, 2.45) is 0 Å². The number of halogens is 2. The van der Waals surface area contributed by atoms with Crippen molar-refractivity contribution in [2.45, 2.75) is 64.7 Å². The van der Waals surface area contributed by atoms with Gasteiger partial charge in [-0.25, -0.2) is 5.26 Å². The standard InChI is InChI=1S/C13H29N.CBBrFN/c1-4-5-6-7-8-9-10-11-12-13-14(2)3;3-2(4)1-5/h4-13H2,1-3H3;. The van der Waals surface area contributed by atoms with Gasteiger partial charge in [-0.3, -0.25) is 4.32 Å². The summed E-state index contributed by atoms with van der Waals surface area (Å²) in [6.07, 6.45) is 12.9. The van der Waals surface area contributed by atoms with Crippen molar-refractivity contribution in [2.75, 3.05) is 20.6 Å². The van der Waals surface area contributed by atoms with Gasteiger partial charge in [-0.1, -0.05) is 74.0 Å². The van der Waals surface area contributed by atoms with Crippen molar-refractivity contribution in [1.82, 2.24) is 4.90 Å². The Bertz CT molecular complexity index is 208. The lowest BCUT2D eigenvalue weighted by Crippen LogP contribution is -2.12. The highest BCUT2D eigenvalue weighted by molar-refractivity contribution is 9.24. The lowest BCUT2D eigenvalue weighted by molar-refractivity contribution is 0.389. The van der Waals surface area contributed by atoms with Crippen LogP contribution in [0.2, 0.25) is 0 Å². The van der Waals surface area contributed by atoms with Crippen molar-refractivity contribution in [3.8, 4) is 5.97 Å². The van der Waals surface area contributed by atoms with Crippen molar-refractivity contribution in [1.29, 1.82) is 5.26 Å². The fourth-order valence-corrected chi connectivity index (χ4v) is 1.74. The molecule has 0 heterocycles. The minimum absolute atomic E-state index is 1.26. The molecular weight excluding hydrogens is 306 g/mol. The zero-order valence-electron chi connectivity index (χ0n) is 12.8. The van der Waals surface area contributed by atoms with E-state index < -0.39 is 5.81 Å². The summed E-state index contributed by atoms with van der Waals surface area (Å²) in [5.41, 5.74) is 0. The smallest absolute Gasteiger partial charge is 0.309 e. The predicted molar refractivity (Wildman–Crippen MR) is 87.2 cm³/mol. The maximum absolute atomic E-state index is 11.0. The normalized spacial score (nSPS) is 9.74. The first kappa shape index (κ1) is 21.2. The molecule has 0 aliphatic rings. The van der Waals surface area contributed by atoms with Crippen LogP contribution in [0.4, 0.5) is 4.32 Å². The Balaban J connectivity index is 0. The molecule has 0 amide bonds. The number of hydrogen-bond donors (Lipinski definition) is 0. The van der Waals surface area contributed by atoms with E-state index in [1.54, 1.807) is 0 Å². The SMILES string of the molecule is CCCCCCCCCCCN(C)C.N#CB(F)Br. The molecule has 0 spiro atoms. The van der Waals surface area contributed by atoms with Crippen LogP contribution in [0.1, 0.15) is 64.7 Å². The summed E-state index contributed by atoms with van der Waals surface area (Å²) in [5.74, 6) is -0.220. The van der Waals surface area contributed by atoms with Crippen LogP contribution in [0, 0.1) is 11.2 Å². The summed E-state index contributed by atoms with van der Waals surface area (Å²) >= 11 is 2.35. The Morgan fingerprint density at radius 3 is 1.68 bits per heavy atom. The average Bonchev–Trinajstić information content (AvgIpc) is 2.37. The van der Waals surface area contributed by atoms with E-state index in [4.69, 9.17) is 5.26 Å². The summed E-state index contributed by atoms with van der Waals surface area (Å²) in [7, 11) is 4.31. The second kappa shape index (κ2) is 17.9. The molecule has 0 N–H and O–H groups in total. The van der Waals surface area contributed by atoms with E-state index >= 15 is 0 Å². The molecule has 0 saturated carbocycles. The van der Waals surface area contributed by atoms with E-state index in [-0.39, 0.29) is 0 Å². The number of nitrogens with zero attached hydrogens (tertiary/aromatic N) is 2. The van der Waals surface area contributed by atoms with Gasteiger partial charge in [-0.15, -0.1) is 0 Å². The van der Waals surface area contributed by atoms with Gasteiger partial charge in [0.15, 0.2) is 0 Å². The van der Waals surface area contributed by atoms with Crippen molar-refractivity contribution < 1.29 is 4.32 Å². The van der Waals surface area contributed by atoms with Gasteiger partial charge in [0.2, 0.25) is 0 Å². The molecule has 0 fully saturated rings. The predicted octanol–water partition coefficient (Wildman–Crippen LogP) is 4.98. The third kappa shape index (κ3) is 27.2. The molecule has 0 aromatic rings. The number of nitriles is 1. The van der Waals surface area contributed by atoms with E-state index in [1.165, 1.54) is 70.3 Å². The molecule has 0 aromatic carbocycles.